The summed E-state index contributed by atoms with van der Waals surface area (Å²) in [6.45, 7) is 5.97. The van der Waals surface area contributed by atoms with Gasteiger partial charge in [-0.1, -0.05) is 29.8 Å². The number of benzene rings is 2. The summed E-state index contributed by atoms with van der Waals surface area (Å²) in [7, 11) is 1.73. The number of thioether (sulfide) groups is 2. The Kier molecular flexibility index (Phi) is 7.56. The first-order chi connectivity index (χ1) is 13.2. The minimum atomic E-state index is 0.341. The molecule has 0 spiro atoms. The Morgan fingerprint density at radius 3 is 2.78 bits per heavy atom. The van der Waals surface area contributed by atoms with Crippen molar-refractivity contribution in [3.63, 3.8) is 0 Å². The number of ether oxygens (including phenoxy) is 2. The molecule has 0 unspecified atom stereocenters. The Morgan fingerprint density at radius 1 is 1.19 bits per heavy atom. The molecule has 1 heterocycles. The molecule has 2 aromatic carbocycles. The maximum absolute atomic E-state index is 5.99. The van der Waals surface area contributed by atoms with Gasteiger partial charge in [-0.25, -0.2) is 0 Å². The number of hydrogen-bond acceptors (Lipinski definition) is 5. The Bertz CT molecular complexity index is 760. The molecule has 1 N–H and O–H groups in total. The Morgan fingerprint density at radius 2 is 1.96 bits per heavy atom. The van der Waals surface area contributed by atoms with E-state index < -0.39 is 0 Å². The minimum Gasteiger partial charge on any atom is -0.496 e. The predicted molar refractivity (Wildman–Crippen MR) is 117 cm³/mol. The van der Waals surface area contributed by atoms with Crippen LogP contribution in [-0.4, -0.2) is 37.8 Å². The van der Waals surface area contributed by atoms with Crippen LogP contribution in [0.5, 0.6) is 11.5 Å². The summed E-state index contributed by atoms with van der Waals surface area (Å²) in [5.41, 5.74) is 2.80. The minimum absolute atomic E-state index is 0.341. The van der Waals surface area contributed by atoms with E-state index >= 15 is 0 Å². The molecule has 2 aromatic rings. The van der Waals surface area contributed by atoms with Crippen LogP contribution in [0.15, 0.2) is 69.5 Å². The summed E-state index contributed by atoms with van der Waals surface area (Å²) in [6, 6.07) is 16.8. The summed E-state index contributed by atoms with van der Waals surface area (Å²) in [6.07, 6.45) is 0. The molecular formula is C22H27NO2S2. The third-order valence-electron chi connectivity index (χ3n) is 4.51. The lowest BCUT2D eigenvalue weighted by Crippen LogP contribution is -2.37. The molecule has 0 amide bonds. The molecule has 0 bridgehead atoms. The second kappa shape index (κ2) is 10.1. The zero-order valence-electron chi connectivity index (χ0n) is 16.2. The van der Waals surface area contributed by atoms with E-state index in [4.69, 9.17) is 9.47 Å². The van der Waals surface area contributed by atoms with Gasteiger partial charge in [0.15, 0.2) is 0 Å². The molecule has 0 saturated heterocycles. The van der Waals surface area contributed by atoms with Crippen LogP contribution in [0.1, 0.15) is 13.8 Å². The quantitative estimate of drug-likeness (QED) is 0.505. The van der Waals surface area contributed by atoms with Crippen molar-refractivity contribution < 1.29 is 9.47 Å². The van der Waals surface area contributed by atoms with Gasteiger partial charge >= 0.3 is 0 Å². The van der Waals surface area contributed by atoms with Crippen LogP contribution in [0.2, 0.25) is 0 Å². The third kappa shape index (κ3) is 5.71. The van der Waals surface area contributed by atoms with Gasteiger partial charge in [-0.3, -0.25) is 0 Å². The van der Waals surface area contributed by atoms with Crippen molar-refractivity contribution in [2.45, 2.75) is 29.7 Å². The van der Waals surface area contributed by atoms with Crippen LogP contribution < -0.4 is 14.8 Å². The summed E-state index contributed by atoms with van der Waals surface area (Å²) in [5, 5.41) is 3.69. The van der Waals surface area contributed by atoms with Crippen molar-refractivity contribution >= 4 is 23.5 Å². The normalized spacial score (nSPS) is 16.0. The fourth-order valence-electron chi connectivity index (χ4n) is 2.78. The van der Waals surface area contributed by atoms with Gasteiger partial charge in [-0.05, 0) is 43.7 Å². The number of nitrogens with one attached hydrogen (secondary N) is 1. The predicted octanol–water partition coefficient (Wildman–Crippen LogP) is 5.27. The van der Waals surface area contributed by atoms with E-state index in [0.29, 0.717) is 12.6 Å². The summed E-state index contributed by atoms with van der Waals surface area (Å²) >= 11 is 3.70. The number of allylic oxidation sites excluding steroid dienone is 1. The number of methoxy groups -OCH3 is 1. The van der Waals surface area contributed by atoms with Gasteiger partial charge in [0, 0.05) is 27.8 Å². The first-order valence-corrected chi connectivity index (χ1v) is 11.1. The lowest BCUT2D eigenvalue weighted by atomic mass is 10.1. The van der Waals surface area contributed by atoms with Gasteiger partial charge in [0.1, 0.15) is 18.1 Å². The van der Waals surface area contributed by atoms with Crippen LogP contribution >= 0.6 is 23.5 Å². The first kappa shape index (κ1) is 20.2. The van der Waals surface area contributed by atoms with E-state index in [-0.39, 0.29) is 0 Å². The van der Waals surface area contributed by atoms with Gasteiger partial charge in [-0.15, -0.1) is 23.5 Å². The zero-order valence-corrected chi connectivity index (χ0v) is 17.8. The van der Waals surface area contributed by atoms with Crippen molar-refractivity contribution in [1.29, 1.82) is 0 Å². The number of hydrogen-bond donors (Lipinski definition) is 1. The molecule has 0 radical (unpaired) electrons. The molecular weight excluding hydrogens is 374 g/mol. The average Bonchev–Trinajstić information content (AvgIpc) is 2.90. The smallest absolute Gasteiger partial charge is 0.132 e. The highest BCUT2D eigenvalue weighted by Gasteiger charge is 2.17. The highest BCUT2D eigenvalue weighted by Crippen LogP contribution is 2.32. The molecule has 0 fully saturated rings. The SMILES string of the molecule is COc1ccccc1SCC(CN[C@@H]1COc2ccccc2SC1)=C(C)C. The standard InChI is InChI=1S/C22H27NO2S2/c1-16(2)17(14-26-21-10-6-4-8-19(21)24-3)12-23-18-13-25-20-9-5-7-11-22(20)27-15-18/h4-11,18,23H,12-15H2,1-3H3/t18-/m1/s1. The molecule has 1 aliphatic rings. The second-order valence-corrected chi connectivity index (χ2v) is 8.77. The maximum Gasteiger partial charge on any atom is 0.132 e. The van der Waals surface area contributed by atoms with Crippen LogP contribution in [0.25, 0.3) is 0 Å². The van der Waals surface area contributed by atoms with Crippen molar-refractivity contribution in [3.8, 4) is 11.5 Å². The lowest BCUT2D eigenvalue weighted by molar-refractivity contribution is 0.276. The van der Waals surface area contributed by atoms with Crippen molar-refractivity contribution in [2.75, 3.05) is 31.8 Å². The molecule has 1 atom stereocenters. The average molecular weight is 402 g/mol. The number of para-hydroxylation sites is 2. The van der Waals surface area contributed by atoms with Crippen molar-refractivity contribution in [3.05, 3.63) is 59.7 Å². The summed E-state index contributed by atoms with van der Waals surface area (Å²) < 4.78 is 11.5. The maximum atomic E-state index is 5.99. The fourth-order valence-corrected chi connectivity index (χ4v) is 5.01. The topological polar surface area (TPSA) is 30.5 Å². The highest BCUT2D eigenvalue weighted by atomic mass is 32.2. The lowest BCUT2D eigenvalue weighted by Gasteiger charge is -2.18. The van der Waals surface area contributed by atoms with Gasteiger partial charge in [0.05, 0.1) is 13.2 Å². The first-order valence-electron chi connectivity index (χ1n) is 9.16. The van der Waals surface area contributed by atoms with Crippen LogP contribution in [-0.2, 0) is 0 Å². The Hall–Kier alpha value is -1.56. The third-order valence-corrected chi connectivity index (χ3v) is 6.87. The molecule has 1 aliphatic heterocycles. The zero-order chi connectivity index (χ0) is 19.1. The van der Waals surface area contributed by atoms with Gasteiger partial charge in [0.25, 0.3) is 0 Å². The van der Waals surface area contributed by atoms with E-state index in [1.807, 2.05) is 41.7 Å². The van der Waals surface area contributed by atoms with E-state index in [9.17, 15) is 0 Å². The van der Waals surface area contributed by atoms with Crippen LogP contribution in [0, 0.1) is 0 Å². The van der Waals surface area contributed by atoms with Gasteiger partial charge in [-0.2, -0.15) is 0 Å². The molecule has 27 heavy (non-hydrogen) atoms. The molecule has 5 heteroatoms. The summed E-state index contributed by atoms with van der Waals surface area (Å²) in [4.78, 5) is 2.42. The van der Waals surface area contributed by atoms with Gasteiger partial charge in [0.2, 0.25) is 0 Å². The van der Waals surface area contributed by atoms with E-state index in [2.05, 4.69) is 49.5 Å². The molecule has 3 nitrogen and oxygen atoms in total. The van der Waals surface area contributed by atoms with E-state index in [0.717, 1.165) is 29.5 Å². The molecule has 3 rings (SSSR count). The largest absolute Gasteiger partial charge is 0.496 e. The van der Waals surface area contributed by atoms with Crippen LogP contribution in [0.3, 0.4) is 0 Å². The summed E-state index contributed by atoms with van der Waals surface area (Å²) in [5.74, 6) is 3.92. The second-order valence-electron chi connectivity index (χ2n) is 6.69. The van der Waals surface area contributed by atoms with E-state index in [1.165, 1.54) is 20.9 Å². The Balaban J connectivity index is 1.54. The van der Waals surface area contributed by atoms with Crippen molar-refractivity contribution in [1.82, 2.24) is 5.32 Å². The molecule has 0 saturated carbocycles. The Labute approximate surface area is 170 Å². The fraction of sp³-hybridized carbons (Fsp3) is 0.364. The van der Waals surface area contributed by atoms with Gasteiger partial charge < -0.3 is 14.8 Å². The van der Waals surface area contributed by atoms with E-state index in [1.54, 1.807) is 7.11 Å². The molecule has 144 valence electrons. The van der Waals surface area contributed by atoms with Crippen LogP contribution in [0.4, 0.5) is 0 Å². The number of rotatable bonds is 7. The molecule has 0 aliphatic carbocycles. The monoisotopic (exact) mass is 401 g/mol. The molecule has 0 aromatic heterocycles. The number of fused-ring (bicyclic) bond motifs is 1. The highest BCUT2D eigenvalue weighted by molar-refractivity contribution is 7.99. The van der Waals surface area contributed by atoms with Crippen molar-refractivity contribution in [2.24, 2.45) is 0 Å².